The summed E-state index contributed by atoms with van der Waals surface area (Å²) >= 11 is 0. The third-order valence-corrected chi connectivity index (χ3v) is 3.95. The van der Waals surface area contributed by atoms with Crippen molar-refractivity contribution in [2.45, 2.75) is 58.4 Å². The lowest BCUT2D eigenvalue weighted by molar-refractivity contribution is 0.260. The summed E-state index contributed by atoms with van der Waals surface area (Å²) in [6, 6.07) is 7.11. The molecule has 0 spiro atoms. The molecular weight excluding hydrogens is 234 g/mol. The van der Waals surface area contributed by atoms with Gasteiger partial charge in [0.25, 0.3) is 0 Å². The fourth-order valence-electron chi connectivity index (χ4n) is 2.67. The second-order valence-corrected chi connectivity index (χ2v) is 5.51. The zero-order valence-corrected chi connectivity index (χ0v) is 12.4. The number of hydrogen-bond donors (Lipinski definition) is 1. The highest BCUT2D eigenvalue weighted by molar-refractivity contribution is 5.37. The van der Waals surface area contributed by atoms with Crippen LogP contribution in [-0.4, -0.2) is 19.2 Å². The molecule has 0 heterocycles. The zero-order chi connectivity index (χ0) is 13.5. The van der Waals surface area contributed by atoms with Crippen LogP contribution in [0.5, 0.6) is 5.75 Å². The van der Waals surface area contributed by atoms with Crippen LogP contribution in [0, 0.1) is 0 Å². The molecule has 0 bridgehead atoms. The summed E-state index contributed by atoms with van der Waals surface area (Å²) in [5.74, 6) is 1.04. The van der Waals surface area contributed by atoms with Crippen molar-refractivity contribution >= 4 is 0 Å². The smallest absolute Gasteiger partial charge is 0.119 e. The number of rotatable bonds is 7. The highest BCUT2D eigenvalue weighted by Gasteiger charge is 2.11. The first-order valence-electron chi connectivity index (χ1n) is 7.81. The molecule has 1 unspecified atom stereocenters. The van der Waals surface area contributed by atoms with Crippen molar-refractivity contribution < 1.29 is 4.74 Å². The fourth-order valence-corrected chi connectivity index (χ4v) is 2.67. The van der Waals surface area contributed by atoms with Gasteiger partial charge in [-0.3, -0.25) is 0 Å². The van der Waals surface area contributed by atoms with E-state index in [2.05, 4.69) is 37.4 Å². The molecule has 0 fully saturated rings. The maximum atomic E-state index is 5.96. The van der Waals surface area contributed by atoms with Crippen LogP contribution >= 0.6 is 0 Å². The Morgan fingerprint density at radius 2 is 1.95 bits per heavy atom. The quantitative estimate of drug-likeness (QED) is 0.807. The molecule has 106 valence electrons. The first kappa shape index (κ1) is 14.4. The van der Waals surface area contributed by atoms with Crippen molar-refractivity contribution in [3.05, 3.63) is 29.3 Å². The van der Waals surface area contributed by atoms with Crippen molar-refractivity contribution in [1.29, 1.82) is 0 Å². The van der Waals surface area contributed by atoms with Crippen LogP contribution in [0.15, 0.2) is 18.2 Å². The third-order valence-electron chi connectivity index (χ3n) is 3.95. The molecule has 2 heteroatoms. The topological polar surface area (TPSA) is 21.3 Å². The standard InChI is InChI=1S/C17H27NO/c1-3-11-18-16(4-2)13-19-17-10-9-14-7-5-6-8-15(14)12-17/h9-10,12,16,18H,3-8,11,13H2,1-2H3. The number of aryl methyl sites for hydroxylation is 2. The summed E-state index contributed by atoms with van der Waals surface area (Å²) in [5, 5.41) is 3.53. The Hall–Kier alpha value is -1.02. The molecule has 0 saturated carbocycles. The molecule has 1 aromatic rings. The van der Waals surface area contributed by atoms with E-state index >= 15 is 0 Å². The average molecular weight is 261 g/mol. The Kier molecular flexibility index (Phi) is 5.71. The number of ether oxygens (including phenoxy) is 1. The molecule has 1 aromatic carbocycles. The van der Waals surface area contributed by atoms with E-state index in [9.17, 15) is 0 Å². The Bertz CT molecular complexity index is 389. The van der Waals surface area contributed by atoms with Gasteiger partial charge in [-0.2, -0.15) is 0 Å². The van der Waals surface area contributed by atoms with Gasteiger partial charge in [0.05, 0.1) is 0 Å². The number of hydrogen-bond acceptors (Lipinski definition) is 2. The largest absolute Gasteiger partial charge is 0.492 e. The van der Waals surface area contributed by atoms with Crippen LogP contribution in [-0.2, 0) is 12.8 Å². The van der Waals surface area contributed by atoms with E-state index in [1.165, 1.54) is 43.2 Å². The number of nitrogens with one attached hydrogen (secondary N) is 1. The van der Waals surface area contributed by atoms with E-state index in [1.807, 2.05) is 0 Å². The number of benzene rings is 1. The van der Waals surface area contributed by atoms with Crippen LogP contribution in [0.2, 0.25) is 0 Å². The van der Waals surface area contributed by atoms with E-state index in [-0.39, 0.29) is 0 Å². The second kappa shape index (κ2) is 7.54. The van der Waals surface area contributed by atoms with Crippen LogP contribution in [0.25, 0.3) is 0 Å². The lowest BCUT2D eigenvalue weighted by atomic mass is 9.92. The molecular formula is C17H27NO. The van der Waals surface area contributed by atoms with Gasteiger partial charge in [-0.1, -0.05) is 19.9 Å². The van der Waals surface area contributed by atoms with Crippen molar-refractivity contribution in [3.63, 3.8) is 0 Å². The minimum absolute atomic E-state index is 0.469. The van der Waals surface area contributed by atoms with Crippen LogP contribution in [0.4, 0.5) is 0 Å². The molecule has 0 radical (unpaired) electrons. The van der Waals surface area contributed by atoms with Gasteiger partial charge in [0, 0.05) is 6.04 Å². The SMILES string of the molecule is CCCNC(CC)COc1ccc2c(c1)CCCC2. The molecule has 1 aliphatic carbocycles. The highest BCUT2D eigenvalue weighted by Crippen LogP contribution is 2.25. The summed E-state index contributed by atoms with van der Waals surface area (Å²) in [6.07, 6.45) is 7.42. The first-order valence-corrected chi connectivity index (χ1v) is 7.81. The van der Waals surface area contributed by atoms with E-state index < -0.39 is 0 Å². The Labute approximate surface area is 117 Å². The van der Waals surface area contributed by atoms with E-state index in [4.69, 9.17) is 4.74 Å². The molecule has 0 saturated heterocycles. The van der Waals surface area contributed by atoms with E-state index in [0.717, 1.165) is 25.3 Å². The Morgan fingerprint density at radius 3 is 2.68 bits per heavy atom. The molecule has 0 amide bonds. The maximum Gasteiger partial charge on any atom is 0.119 e. The van der Waals surface area contributed by atoms with Gasteiger partial charge in [0.15, 0.2) is 0 Å². The molecule has 19 heavy (non-hydrogen) atoms. The fraction of sp³-hybridized carbons (Fsp3) is 0.647. The van der Waals surface area contributed by atoms with Gasteiger partial charge in [-0.25, -0.2) is 0 Å². The minimum Gasteiger partial charge on any atom is -0.492 e. The van der Waals surface area contributed by atoms with E-state index in [1.54, 1.807) is 0 Å². The molecule has 0 aliphatic heterocycles. The van der Waals surface area contributed by atoms with Gasteiger partial charge in [-0.05, 0) is 68.3 Å². The number of fused-ring (bicyclic) bond motifs is 1. The van der Waals surface area contributed by atoms with Gasteiger partial charge in [0.2, 0.25) is 0 Å². The minimum atomic E-state index is 0.469. The highest BCUT2D eigenvalue weighted by atomic mass is 16.5. The Morgan fingerprint density at radius 1 is 1.16 bits per heavy atom. The van der Waals surface area contributed by atoms with Crippen molar-refractivity contribution in [2.75, 3.05) is 13.2 Å². The summed E-state index contributed by atoms with van der Waals surface area (Å²) in [4.78, 5) is 0. The molecule has 1 N–H and O–H groups in total. The van der Waals surface area contributed by atoms with Gasteiger partial charge in [0.1, 0.15) is 12.4 Å². The second-order valence-electron chi connectivity index (χ2n) is 5.51. The normalized spacial score (nSPS) is 15.9. The summed E-state index contributed by atoms with van der Waals surface area (Å²) < 4.78 is 5.96. The monoisotopic (exact) mass is 261 g/mol. The first-order chi connectivity index (χ1) is 9.33. The molecule has 1 atom stereocenters. The summed E-state index contributed by atoms with van der Waals surface area (Å²) in [5.41, 5.74) is 3.02. The zero-order valence-electron chi connectivity index (χ0n) is 12.4. The summed E-state index contributed by atoms with van der Waals surface area (Å²) in [6.45, 7) is 6.26. The summed E-state index contributed by atoms with van der Waals surface area (Å²) in [7, 11) is 0. The molecule has 2 rings (SSSR count). The predicted molar refractivity (Wildman–Crippen MR) is 81.0 cm³/mol. The van der Waals surface area contributed by atoms with Crippen LogP contribution in [0.3, 0.4) is 0 Å². The third kappa shape index (κ3) is 4.24. The maximum absolute atomic E-state index is 5.96. The van der Waals surface area contributed by atoms with Gasteiger partial charge in [-0.15, -0.1) is 0 Å². The van der Waals surface area contributed by atoms with Gasteiger partial charge >= 0.3 is 0 Å². The van der Waals surface area contributed by atoms with Gasteiger partial charge < -0.3 is 10.1 Å². The van der Waals surface area contributed by atoms with Crippen molar-refractivity contribution in [1.82, 2.24) is 5.32 Å². The van der Waals surface area contributed by atoms with Crippen LogP contribution in [0.1, 0.15) is 50.7 Å². The lowest BCUT2D eigenvalue weighted by Gasteiger charge is -2.19. The van der Waals surface area contributed by atoms with Crippen molar-refractivity contribution in [3.8, 4) is 5.75 Å². The molecule has 0 aromatic heterocycles. The Balaban J connectivity index is 1.88. The van der Waals surface area contributed by atoms with Crippen LogP contribution < -0.4 is 10.1 Å². The lowest BCUT2D eigenvalue weighted by Crippen LogP contribution is -2.34. The molecule has 1 aliphatic rings. The predicted octanol–water partition coefficient (Wildman–Crippen LogP) is 3.72. The average Bonchev–Trinajstić information content (AvgIpc) is 2.47. The molecule has 2 nitrogen and oxygen atoms in total. The van der Waals surface area contributed by atoms with E-state index in [0.29, 0.717) is 6.04 Å². The van der Waals surface area contributed by atoms with Crippen molar-refractivity contribution in [2.24, 2.45) is 0 Å².